The van der Waals surface area contributed by atoms with Crippen molar-refractivity contribution in [2.75, 3.05) is 10.6 Å². The Balaban J connectivity index is 1.94. The molecule has 0 saturated carbocycles. The third-order valence-corrected chi connectivity index (χ3v) is 3.68. The molecule has 0 bridgehead atoms. The number of furan rings is 1. The first-order chi connectivity index (χ1) is 13.2. The van der Waals surface area contributed by atoms with E-state index in [0.717, 1.165) is 18.2 Å². The predicted molar refractivity (Wildman–Crippen MR) is 94.5 cm³/mol. The zero-order valence-electron chi connectivity index (χ0n) is 14.0. The normalized spacial score (nSPS) is 11.1. The monoisotopic (exact) mass is 391 g/mol. The number of amides is 1. The Morgan fingerprint density at radius 3 is 2.46 bits per heavy atom. The van der Waals surface area contributed by atoms with Crippen LogP contribution in [0.3, 0.4) is 0 Å². The molecule has 10 heteroatoms. The van der Waals surface area contributed by atoms with E-state index >= 15 is 0 Å². The summed E-state index contributed by atoms with van der Waals surface area (Å²) in [5.74, 6) is -0.700. The van der Waals surface area contributed by atoms with E-state index in [9.17, 15) is 28.1 Å². The number of anilines is 3. The van der Waals surface area contributed by atoms with Gasteiger partial charge in [0.15, 0.2) is 5.76 Å². The lowest BCUT2D eigenvalue weighted by atomic mass is 10.1. The number of nitro groups is 1. The van der Waals surface area contributed by atoms with Crippen LogP contribution in [0.2, 0.25) is 0 Å². The van der Waals surface area contributed by atoms with Crippen molar-refractivity contribution in [2.24, 2.45) is 0 Å². The molecule has 144 valence electrons. The molecular formula is C18H12F3N3O4. The molecule has 2 aromatic carbocycles. The molecule has 0 fully saturated rings. The first-order valence-electron chi connectivity index (χ1n) is 7.81. The molecule has 0 spiro atoms. The van der Waals surface area contributed by atoms with Gasteiger partial charge in [-0.2, -0.15) is 13.2 Å². The van der Waals surface area contributed by atoms with Crippen LogP contribution in [0.5, 0.6) is 0 Å². The van der Waals surface area contributed by atoms with Crippen molar-refractivity contribution < 1.29 is 27.3 Å². The molecule has 0 aliphatic rings. The van der Waals surface area contributed by atoms with Crippen LogP contribution in [0, 0.1) is 10.1 Å². The van der Waals surface area contributed by atoms with Gasteiger partial charge in [-0.05, 0) is 36.4 Å². The second-order valence-corrected chi connectivity index (χ2v) is 5.62. The maximum atomic E-state index is 12.9. The maximum Gasteiger partial charge on any atom is 0.416 e. The van der Waals surface area contributed by atoms with Crippen molar-refractivity contribution in [3.63, 3.8) is 0 Å². The van der Waals surface area contributed by atoms with Crippen molar-refractivity contribution in [3.05, 3.63) is 82.3 Å². The number of nitrogens with one attached hydrogen (secondary N) is 2. The summed E-state index contributed by atoms with van der Waals surface area (Å²) in [6, 6.07) is 10.9. The smallest absolute Gasteiger partial charge is 0.416 e. The van der Waals surface area contributed by atoms with Crippen molar-refractivity contribution in [3.8, 4) is 0 Å². The van der Waals surface area contributed by atoms with Crippen LogP contribution in [-0.4, -0.2) is 10.8 Å². The minimum atomic E-state index is -4.52. The van der Waals surface area contributed by atoms with Gasteiger partial charge in [-0.3, -0.25) is 14.9 Å². The molecule has 0 aliphatic heterocycles. The third-order valence-electron chi connectivity index (χ3n) is 3.68. The summed E-state index contributed by atoms with van der Waals surface area (Å²) in [5, 5.41) is 16.2. The van der Waals surface area contributed by atoms with Gasteiger partial charge >= 0.3 is 6.18 Å². The summed E-state index contributed by atoms with van der Waals surface area (Å²) in [5.41, 5.74) is -0.889. The van der Waals surface area contributed by atoms with E-state index in [0.29, 0.717) is 0 Å². The number of hydrogen-bond acceptors (Lipinski definition) is 5. The van der Waals surface area contributed by atoms with Gasteiger partial charge in [0.25, 0.3) is 11.6 Å². The highest BCUT2D eigenvalue weighted by Crippen LogP contribution is 2.34. The number of halogens is 3. The fourth-order valence-corrected chi connectivity index (χ4v) is 2.38. The van der Waals surface area contributed by atoms with E-state index in [2.05, 4.69) is 10.6 Å². The molecule has 1 aromatic heterocycles. The molecule has 1 amide bonds. The Labute approximate surface area is 155 Å². The second-order valence-electron chi connectivity index (χ2n) is 5.62. The number of benzene rings is 2. The molecule has 28 heavy (non-hydrogen) atoms. The van der Waals surface area contributed by atoms with Crippen molar-refractivity contribution in [2.45, 2.75) is 6.18 Å². The van der Waals surface area contributed by atoms with Gasteiger partial charge < -0.3 is 15.1 Å². The van der Waals surface area contributed by atoms with Crippen molar-refractivity contribution >= 4 is 28.7 Å². The number of nitrogens with zero attached hydrogens (tertiary/aromatic N) is 1. The molecule has 0 saturated heterocycles. The Hall–Kier alpha value is -3.82. The number of non-ortho nitro benzene ring substituents is 1. The predicted octanol–water partition coefficient (Wildman–Crippen LogP) is 5.20. The van der Waals surface area contributed by atoms with Crippen LogP contribution in [0.1, 0.15) is 16.1 Å². The van der Waals surface area contributed by atoms with Gasteiger partial charge in [0.1, 0.15) is 0 Å². The number of carbonyl (C=O) groups excluding carboxylic acids is 1. The Morgan fingerprint density at radius 1 is 1.04 bits per heavy atom. The van der Waals surface area contributed by atoms with E-state index in [1.165, 1.54) is 42.7 Å². The summed E-state index contributed by atoms with van der Waals surface area (Å²) >= 11 is 0. The molecule has 0 unspecified atom stereocenters. The average molecular weight is 391 g/mol. The average Bonchev–Trinajstić information content (AvgIpc) is 3.17. The summed E-state index contributed by atoms with van der Waals surface area (Å²) in [6.07, 6.45) is -3.24. The molecule has 0 atom stereocenters. The zero-order chi connectivity index (χ0) is 20.3. The summed E-state index contributed by atoms with van der Waals surface area (Å²) in [4.78, 5) is 22.6. The minimum absolute atomic E-state index is 0.00742. The Bertz CT molecular complexity index is 1020. The van der Waals surface area contributed by atoms with Gasteiger partial charge in [0, 0.05) is 17.8 Å². The SMILES string of the molecule is O=C(Nc1cc([N+](=O)[O-])ccc1Nc1cccc(C(F)(F)F)c1)c1ccco1. The van der Waals surface area contributed by atoms with Gasteiger partial charge in [0.05, 0.1) is 28.1 Å². The van der Waals surface area contributed by atoms with Crippen LogP contribution >= 0.6 is 0 Å². The number of nitro benzene ring substituents is 1. The Kier molecular flexibility index (Phi) is 5.03. The highest BCUT2D eigenvalue weighted by molar-refractivity contribution is 6.04. The van der Waals surface area contributed by atoms with Crippen LogP contribution in [0.25, 0.3) is 0 Å². The van der Waals surface area contributed by atoms with E-state index in [1.54, 1.807) is 0 Å². The summed E-state index contributed by atoms with van der Waals surface area (Å²) in [7, 11) is 0. The van der Waals surface area contributed by atoms with Crippen molar-refractivity contribution in [1.29, 1.82) is 0 Å². The second kappa shape index (κ2) is 7.43. The zero-order valence-corrected chi connectivity index (χ0v) is 14.0. The summed E-state index contributed by atoms with van der Waals surface area (Å²) in [6.45, 7) is 0. The topological polar surface area (TPSA) is 97.4 Å². The maximum absolute atomic E-state index is 12.9. The number of alkyl halides is 3. The first kappa shape index (κ1) is 19.0. The molecule has 7 nitrogen and oxygen atoms in total. The lowest BCUT2D eigenvalue weighted by Gasteiger charge is -2.14. The molecular weight excluding hydrogens is 379 g/mol. The lowest BCUT2D eigenvalue weighted by Crippen LogP contribution is -2.12. The van der Waals surface area contributed by atoms with Gasteiger partial charge in [-0.15, -0.1) is 0 Å². The van der Waals surface area contributed by atoms with Crippen LogP contribution in [0.15, 0.2) is 65.3 Å². The minimum Gasteiger partial charge on any atom is -0.459 e. The van der Waals surface area contributed by atoms with Crippen molar-refractivity contribution in [1.82, 2.24) is 0 Å². The van der Waals surface area contributed by atoms with Crippen LogP contribution in [-0.2, 0) is 6.18 Å². The molecule has 0 aliphatic carbocycles. The van der Waals surface area contributed by atoms with Gasteiger partial charge in [-0.25, -0.2) is 0 Å². The van der Waals surface area contributed by atoms with Crippen LogP contribution < -0.4 is 10.6 Å². The van der Waals surface area contributed by atoms with E-state index in [1.807, 2.05) is 0 Å². The first-order valence-corrected chi connectivity index (χ1v) is 7.81. The highest BCUT2D eigenvalue weighted by Gasteiger charge is 2.30. The summed E-state index contributed by atoms with van der Waals surface area (Å²) < 4.78 is 43.6. The number of rotatable bonds is 5. The molecule has 0 radical (unpaired) electrons. The number of carbonyl (C=O) groups is 1. The van der Waals surface area contributed by atoms with Crippen LogP contribution in [0.4, 0.5) is 35.9 Å². The van der Waals surface area contributed by atoms with Gasteiger partial charge in [-0.1, -0.05) is 6.07 Å². The quantitative estimate of drug-likeness (QED) is 0.460. The largest absolute Gasteiger partial charge is 0.459 e. The molecule has 2 N–H and O–H groups in total. The number of hydrogen-bond donors (Lipinski definition) is 2. The standard InChI is InChI=1S/C18H12F3N3O4/c19-18(20,21)11-3-1-4-12(9-11)22-14-7-6-13(24(26)27)10-15(14)23-17(25)16-5-2-8-28-16/h1-10,22H,(H,23,25). The third kappa shape index (κ3) is 4.29. The van der Waals surface area contributed by atoms with Gasteiger partial charge in [0.2, 0.25) is 0 Å². The van der Waals surface area contributed by atoms with E-state index in [4.69, 9.17) is 4.42 Å². The fourth-order valence-electron chi connectivity index (χ4n) is 2.38. The Morgan fingerprint density at radius 2 is 1.82 bits per heavy atom. The highest BCUT2D eigenvalue weighted by atomic mass is 19.4. The van der Waals surface area contributed by atoms with E-state index in [-0.39, 0.29) is 28.5 Å². The lowest BCUT2D eigenvalue weighted by molar-refractivity contribution is -0.384. The molecule has 3 rings (SSSR count). The molecule has 1 heterocycles. The fraction of sp³-hybridized carbons (Fsp3) is 0.0556. The van der Waals surface area contributed by atoms with E-state index < -0.39 is 22.6 Å². The molecule has 3 aromatic rings.